The number of aliphatic carboxylic acids is 1. The van der Waals surface area contributed by atoms with Crippen molar-refractivity contribution >= 4 is 11.9 Å². The molecule has 0 aliphatic heterocycles. The van der Waals surface area contributed by atoms with Gasteiger partial charge in [0.1, 0.15) is 6.04 Å². The summed E-state index contributed by atoms with van der Waals surface area (Å²) in [5.41, 5.74) is 3.06. The van der Waals surface area contributed by atoms with Crippen molar-refractivity contribution in [1.82, 2.24) is 4.57 Å². The minimum absolute atomic E-state index is 0.327. The van der Waals surface area contributed by atoms with E-state index in [-0.39, 0.29) is 0 Å². The van der Waals surface area contributed by atoms with Crippen LogP contribution in [0.3, 0.4) is 0 Å². The van der Waals surface area contributed by atoms with Gasteiger partial charge in [-0.3, -0.25) is 0 Å². The Kier molecular flexibility index (Phi) is 5.71. The molecule has 1 heterocycles. The van der Waals surface area contributed by atoms with Gasteiger partial charge in [-0.2, -0.15) is 0 Å². The van der Waals surface area contributed by atoms with Gasteiger partial charge in [0.25, 0.3) is 0 Å². The number of carboxylic acid groups (broad SMARTS) is 1. The first-order valence-corrected chi connectivity index (χ1v) is 8.68. The number of carboxylic acids is 1. The topological polar surface area (TPSA) is 68.5 Å². The molecule has 0 spiro atoms. The standard InChI is InChI=1S/C22H21NO4/c1-27-22(26)18-14-19(12-16-8-4-2-5-9-16)23(15-18)20(21(24)25)13-17-10-6-3-7-11-17/h2-11,14-15,20H,12-13H2,1H3,(H,24,25)/t20-/m0/s1. The fraction of sp³-hybridized carbons (Fsp3) is 0.182. The Balaban J connectivity index is 2.00. The summed E-state index contributed by atoms with van der Waals surface area (Å²) in [6.45, 7) is 0. The smallest absolute Gasteiger partial charge is 0.339 e. The number of esters is 1. The summed E-state index contributed by atoms with van der Waals surface area (Å²) in [5, 5.41) is 9.85. The molecular formula is C22H21NO4. The lowest BCUT2D eigenvalue weighted by atomic mass is 10.0. The lowest BCUT2D eigenvalue weighted by Gasteiger charge is -2.18. The van der Waals surface area contributed by atoms with Crippen LogP contribution in [0.4, 0.5) is 0 Å². The van der Waals surface area contributed by atoms with Crippen molar-refractivity contribution in [2.75, 3.05) is 7.11 Å². The third-order valence-electron chi connectivity index (χ3n) is 4.47. The van der Waals surface area contributed by atoms with E-state index in [0.29, 0.717) is 18.4 Å². The van der Waals surface area contributed by atoms with Crippen molar-refractivity contribution in [2.45, 2.75) is 18.9 Å². The molecule has 0 bridgehead atoms. The lowest BCUT2D eigenvalue weighted by molar-refractivity contribution is -0.140. The van der Waals surface area contributed by atoms with Crippen molar-refractivity contribution in [3.63, 3.8) is 0 Å². The third-order valence-corrected chi connectivity index (χ3v) is 4.47. The van der Waals surface area contributed by atoms with Crippen LogP contribution in [0, 0.1) is 0 Å². The highest BCUT2D eigenvalue weighted by molar-refractivity contribution is 5.89. The largest absolute Gasteiger partial charge is 0.480 e. The van der Waals surface area contributed by atoms with Crippen LogP contribution in [0.1, 0.15) is 33.2 Å². The lowest BCUT2D eigenvalue weighted by Crippen LogP contribution is -2.22. The summed E-state index contributed by atoms with van der Waals surface area (Å²) >= 11 is 0. The van der Waals surface area contributed by atoms with Gasteiger partial charge in [0.2, 0.25) is 0 Å². The van der Waals surface area contributed by atoms with E-state index in [1.165, 1.54) is 7.11 Å². The number of methoxy groups -OCH3 is 1. The minimum Gasteiger partial charge on any atom is -0.480 e. The van der Waals surface area contributed by atoms with Gasteiger partial charge >= 0.3 is 11.9 Å². The predicted octanol–water partition coefficient (Wildman–Crippen LogP) is 3.73. The molecule has 1 atom stereocenters. The molecule has 0 amide bonds. The molecule has 1 aromatic heterocycles. The molecule has 3 rings (SSSR count). The molecule has 5 heteroatoms. The van der Waals surface area contributed by atoms with E-state index in [1.807, 2.05) is 60.7 Å². The van der Waals surface area contributed by atoms with Crippen LogP contribution in [0.15, 0.2) is 72.9 Å². The third kappa shape index (κ3) is 4.44. The van der Waals surface area contributed by atoms with Gasteiger partial charge in [0.15, 0.2) is 0 Å². The highest BCUT2D eigenvalue weighted by atomic mass is 16.5. The van der Waals surface area contributed by atoms with E-state index in [4.69, 9.17) is 4.74 Å². The van der Waals surface area contributed by atoms with Gasteiger partial charge in [-0.25, -0.2) is 9.59 Å². The van der Waals surface area contributed by atoms with Crippen LogP contribution in [0.5, 0.6) is 0 Å². The zero-order valence-corrected chi connectivity index (χ0v) is 15.0. The van der Waals surface area contributed by atoms with E-state index in [9.17, 15) is 14.7 Å². The van der Waals surface area contributed by atoms with Gasteiger partial charge in [-0.05, 0) is 17.2 Å². The predicted molar refractivity (Wildman–Crippen MR) is 102 cm³/mol. The summed E-state index contributed by atoms with van der Waals surface area (Å²) in [6.07, 6.45) is 2.43. The maximum atomic E-state index is 12.0. The summed E-state index contributed by atoms with van der Waals surface area (Å²) in [4.78, 5) is 24.0. The highest BCUT2D eigenvalue weighted by Crippen LogP contribution is 2.23. The molecule has 0 saturated carbocycles. The molecular weight excluding hydrogens is 342 g/mol. The molecule has 0 fully saturated rings. The number of carbonyl (C=O) groups excluding carboxylic acids is 1. The molecule has 3 aromatic rings. The van der Waals surface area contributed by atoms with Crippen molar-refractivity contribution in [2.24, 2.45) is 0 Å². The zero-order valence-electron chi connectivity index (χ0n) is 15.0. The van der Waals surface area contributed by atoms with Crippen molar-refractivity contribution in [3.8, 4) is 0 Å². The molecule has 0 aliphatic rings. The van der Waals surface area contributed by atoms with Crippen molar-refractivity contribution < 1.29 is 19.4 Å². The summed E-state index contributed by atoms with van der Waals surface area (Å²) < 4.78 is 6.49. The monoisotopic (exact) mass is 363 g/mol. The van der Waals surface area contributed by atoms with Crippen LogP contribution in [0.25, 0.3) is 0 Å². The van der Waals surface area contributed by atoms with Gasteiger partial charge in [0.05, 0.1) is 12.7 Å². The number of hydrogen-bond donors (Lipinski definition) is 1. The molecule has 138 valence electrons. The molecule has 0 radical (unpaired) electrons. The SMILES string of the molecule is COC(=O)c1cc(Cc2ccccc2)n([C@@H](Cc2ccccc2)C(=O)O)c1. The van der Waals surface area contributed by atoms with Gasteiger partial charge in [0, 0.05) is 24.7 Å². The van der Waals surface area contributed by atoms with Gasteiger partial charge in [-0.1, -0.05) is 60.7 Å². The fourth-order valence-electron chi connectivity index (χ4n) is 3.13. The van der Waals surface area contributed by atoms with E-state index in [1.54, 1.807) is 16.8 Å². The molecule has 27 heavy (non-hydrogen) atoms. The van der Waals surface area contributed by atoms with Crippen LogP contribution in [0.2, 0.25) is 0 Å². The van der Waals surface area contributed by atoms with E-state index in [0.717, 1.165) is 16.8 Å². The summed E-state index contributed by atoms with van der Waals surface area (Å²) in [7, 11) is 1.31. The number of nitrogens with zero attached hydrogens (tertiary/aromatic N) is 1. The quantitative estimate of drug-likeness (QED) is 0.650. The number of hydrogen-bond acceptors (Lipinski definition) is 3. The molecule has 2 aromatic carbocycles. The summed E-state index contributed by atoms with van der Waals surface area (Å²) in [6, 6.07) is 20.1. The second kappa shape index (κ2) is 8.36. The normalized spacial score (nSPS) is 11.7. The molecule has 1 N–H and O–H groups in total. The van der Waals surface area contributed by atoms with Crippen molar-refractivity contribution in [1.29, 1.82) is 0 Å². The number of aromatic nitrogens is 1. The van der Waals surface area contributed by atoms with Crippen molar-refractivity contribution in [3.05, 3.63) is 95.3 Å². The Morgan fingerprint density at radius 2 is 1.59 bits per heavy atom. The van der Waals surface area contributed by atoms with Crippen LogP contribution < -0.4 is 0 Å². The van der Waals surface area contributed by atoms with E-state index < -0.39 is 18.0 Å². The van der Waals surface area contributed by atoms with Crippen LogP contribution >= 0.6 is 0 Å². The average Bonchev–Trinajstić information content (AvgIpc) is 3.10. The van der Waals surface area contributed by atoms with Crippen LogP contribution in [-0.4, -0.2) is 28.7 Å². The molecule has 5 nitrogen and oxygen atoms in total. The zero-order chi connectivity index (χ0) is 19.2. The van der Waals surface area contributed by atoms with E-state index >= 15 is 0 Å². The van der Waals surface area contributed by atoms with Gasteiger partial charge in [-0.15, -0.1) is 0 Å². The second-order valence-corrected chi connectivity index (χ2v) is 6.33. The number of benzene rings is 2. The first kappa shape index (κ1) is 18.5. The fourth-order valence-corrected chi connectivity index (χ4v) is 3.13. The highest BCUT2D eigenvalue weighted by Gasteiger charge is 2.24. The summed E-state index contributed by atoms with van der Waals surface area (Å²) in [5.74, 6) is -1.42. The second-order valence-electron chi connectivity index (χ2n) is 6.33. The Hall–Kier alpha value is -3.34. The molecule has 0 unspecified atom stereocenters. The Bertz CT molecular complexity index is 916. The maximum Gasteiger partial charge on any atom is 0.339 e. The Morgan fingerprint density at radius 3 is 2.15 bits per heavy atom. The Morgan fingerprint density at radius 1 is 1.00 bits per heavy atom. The van der Waals surface area contributed by atoms with Gasteiger partial charge < -0.3 is 14.4 Å². The molecule has 0 saturated heterocycles. The van der Waals surface area contributed by atoms with E-state index in [2.05, 4.69) is 0 Å². The Labute approximate surface area is 157 Å². The van der Waals surface area contributed by atoms with Crippen LogP contribution in [-0.2, 0) is 22.4 Å². The average molecular weight is 363 g/mol. The number of rotatable bonds is 7. The maximum absolute atomic E-state index is 12.0. The first-order valence-electron chi connectivity index (χ1n) is 8.68. The number of carbonyl (C=O) groups is 2. The number of ether oxygens (including phenoxy) is 1. The molecule has 0 aliphatic carbocycles. The first-order chi connectivity index (χ1) is 13.1. The minimum atomic E-state index is -0.944.